The number of hydrazone groups is 1. The molecule has 1 amide bonds. The summed E-state index contributed by atoms with van der Waals surface area (Å²) in [6, 6.07) is 6.11. The average molecular weight is 500 g/mol. The number of halogens is 1. The molecule has 0 saturated heterocycles. The molecule has 3 rings (SSSR count). The minimum Gasteiger partial charge on any atom is -0.481 e. The summed E-state index contributed by atoms with van der Waals surface area (Å²) in [5, 5.41) is 4.56. The van der Waals surface area contributed by atoms with E-state index in [1.165, 1.54) is 17.7 Å². The smallest absolute Gasteiger partial charge is 0.260 e. The Kier molecular flexibility index (Phi) is 18.3. The number of ether oxygens (including phenoxy) is 1. The summed E-state index contributed by atoms with van der Waals surface area (Å²) in [6.07, 6.45) is 10.6. The maximum Gasteiger partial charge on any atom is 0.260 e. The van der Waals surface area contributed by atoms with Crippen LogP contribution < -0.4 is 10.2 Å². The lowest BCUT2D eigenvalue weighted by Crippen LogP contribution is -2.43. The molecular formula is C30H46FN3O2. The molecule has 6 heteroatoms. The molecule has 0 unspecified atom stereocenters. The number of nitrogens with zero attached hydrogens (tertiary/aromatic N) is 2. The Morgan fingerprint density at radius 1 is 1.17 bits per heavy atom. The molecule has 0 spiro atoms. The van der Waals surface area contributed by atoms with Crippen molar-refractivity contribution in [2.45, 2.75) is 67.7 Å². The second kappa shape index (κ2) is 20.1. The van der Waals surface area contributed by atoms with Crippen LogP contribution in [0.3, 0.4) is 0 Å². The van der Waals surface area contributed by atoms with Crippen molar-refractivity contribution in [3.05, 3.63) is 77.7 Å². The molecule has 0 atom stereocenters. The first kappa shape index (κ1) is 32.8. The fraction of sp³-hybridized carbons (Fsp3) is 0.467. The third-order valence-electron chi connectivity index (χ3n) is 5.12. The number of rotatable bonds is 8. The maximum atomic E-state index is 13.7. The Labute approximate surface area is 218 Å². The van der Waals surface area contributed by atoms with Gasteiger partial charge >= 0.3 is 0 Å². The highest BCUT2D eigenvalue weighted by Crippen LogP contribution is 2.25. The van der Waals surface area contributed by atoms with Crippen molar-refractivity contribution < 1.29 is 13.9 Å². The van der Waals surface area contributed by atoms with Gasteiger partial charge in [-0.3, -0.25) is 4.79 Å². The van der Waals surface area contributed by atoms with Crippen LogP contribution in [-0.2, 0) is 4.79 Å². The molecule has 2 heterocycles. The van der Waals surface area contributed by atoms with Gasteiger partial charge in [0.25, 0.3) is 5.91 Å². The number of benzene rings is 1. The van der Waals surface area contributed by atoms with Crippen molar-refractivity contribution in [2.75, 3.05) is 26.2 Å². The van der Waals surface area contributed by atoms with Gasteiger partial charge in [-0.1, -0.05) is 78.0 Å². The van der Waals surface area contributed by atoms with Gasteiger partial charge in [-0.05, 0) is 49.5 Å². The Morgan fingerprint density at radius 3 is 2.50 bits per heavy atom. The van der Waals surface area contributed by atoms with Gasteiger partial charge in [-0.15, -0.1) is 6.58 Å². The van der Waals surface area contributed by atoms with Crippen LogP contribution in [0.4, 0.5) is 4.39 Å². The largest absolute Gasteiger partial charge is 0.481 e. The highest BCUT2D eigenvalue weighted by Gasteiger charge is 2.28. The first-order valence-corrected chi connectivity index (χ1v) is 13.2. The molecular weight excluding hydrogens is 453 g/mol. The van der Waals surface area contributed by atoms with Gasteiger partial charge in [0.15, 0.2) is 18.2 Å². The van der Waals surface area contributed by atoms with Crippen molar-refractivity contribution in [3.63, 3.8) is 0 Å². The fourth-order valence-electron chi connectivity index (χ4n) is 3.55. The lowest BCUT2D eigenvalue weighted by atomic mass is 9.90. The average Bonchev–Trinajstić information content (AvgIpc) is 2.95. The number of carbonyl (C=O) groups excluding carboxylic acids is 1. The summed E-state index contributed by atoms with van der Waals surface area (Å²) in [4.78, 5) is 14.5. The molecule has 0 saturated carbocycles. The molecule has 0 aliphatic carbocycles. The van der Waals surface area contributed by atoms with E-state index < -0.39 is 5.82 Å². The Balaban J connectivity index is 0.00000190. The minimum absolute atomic E-state index is 0.0902. The lowest BCUT2D eigenvalue weighted by Gasteiger charge is -2.33. The Morgan fingerprint density at radius 2 is 1.86 bits per heavy atom. The topological polar surface area (TPSA) is 53.9 Å². The van der Waals surface area contributed by atoms with Gasteiger partial charge in [0.05, 0.1) is 12.3 Å². The van der Waals surface area contributed by atoms with Crippen molar-refractivity contribution >= 4 is 11.6 Å². The third-order valence-corrected chi connectivity index (χ3v) is 5.12. The van der Waals surface area contributed by atoms with Crippen LogP contribution >= 0.6 is 0 Å². The lowest BCUT2D eigenvalue weighted by molar-refractivity contribution is -0.133. The number of carbonyl (C=O) groups is 1. The third kappa shape index (κ3) is 10.2. The van der Waals surface area contributed by atoms with Gasteiger partial charge in [-0.25, -0.2) is 4.39 Å². The van der Waals surface area contributed by atoms with E-state index in [0.29, 0.717) is 19.6 Å². The monoisotopic (exact) mass is 499 g/mol. The number of allylic oxidation sites excluding steroid dienone is 5. The normalized spacial score (nSPS) is 14.5. The maximum absolute atomic E-state index is 13.7. The van der Waals surface area contributed by atoms with Gasteiger partial charge in [0, 0.05) is 18.7 Å². The molecule has 2 aliphatic rings. The fourth-order valence-corrected chi connectivity index (χ4v) is 3.55. The molecule has 1 aromatic carbocycles. The van der Waals surface area contributed by atoms with Gasteiger partial charge in [0.1, 0.15) is 0 Å². The van der Waals surface area contributed by atoms with Crippen LogP contribution in [0.5, 0.6) is 5.75 Å². The summed E-state index contributed by atoms with van der Waals surface area (Å²) < 4.78 is 19.2. The van der Waals surface area contributed by atoms with Crippen molar-refractivity contribution in [1.29, 1.82) is 0 Å². The summed E-state index contributed by atoms with van der Waals surface area (Å²) >= 11 is 0. The number of para-hydroxylation sites is 1. The quantitative estimate of drug-likeness (QED) is 0.233. The summed E-state index contributed by atoms with van der Waals surface area (Å²) in [5.74, 6) is -0.541. The van der Waals surface area contributed by atoms with Crippen LogP contribution in [0, 0.1) is 5.82 Å². The molecule has 1 N–H and O–H groups in total. The highest BCUT2D eigenvalue weighted by molar-refractivity contribution is 6.15. The zero-order valence-corrected chi connectivity index (χ0v) is 23.4. The Hall–Kier alpha value is -3.15. The molecule has 5 nitrogen and oxygen atoms in total. The SMILES string of the molecule is C=CCCC=C(/C=C\C)C1=NNCC2=C1CN(C(=O)COc1ccccc1F)CC2.CC.CC.CC. The molecule has 200 valence electrons. The van der Waals surface area contributed by atoms with Gasteiger partial charge < -0.3 is 15.1 Å². The van der Waals surface area contributed by atoms with Crippen LogP contribution in [0.2, 0.25) is 0 Å². The molecule has 0 radical (unpaired) electrons. The van der Waals surface area contributed by atoms with E-state index in [0.717, 1.165) is 36.1 Å². The van der Waals surface area contributed by atoms with E-state index in [1.54, 1.807) is 17.0 Å². The van der Waals surface area contributed by atoms with Crippen LogP contribution in [0.15, 0.2) is 77.0 Å². The van der Waals surface area contributed by atoms with Crippen LogP contribution in [-0.4, -0.2) is 42.8 Å². The first-order chi connectivity index (χ1) is 17.6. The summed E-state index contributed by atoms with van der Waals surface area (Å²) in [5.41, 5.74) is 7.41. The van der Waals surface area contributed by atoms with Gasteiger partial charge in [-0.2, -0.15) is 5.10 Å². The molecule has 36 heavy (non-hydrogen) atoms. The molecule has 0 fully saturated rings. The molecule has 1 aromatic rings. The number of nitrogens with one attached hydrogen (secondary N) is 1. The zero-order chi connectivity index (χ0) is 27.3. The van der Waals surface area contributed by atoms with E-state index in [1.807, 2.05) is 66.7 Å². The predicted molar refractivity (Wildman–Crippen MR) is 152 cm³/mol. The predicted octanol–water partition coefficient (Wildman–Crippen LogP) is 7.24. The Bertz CT molecular complexity index is 917. The first-order valence-electron chi connectivity index (χ1n) is 13.2. The van der Waals surface area contributed by atoms with Crippen molar-refractivity contribution in [3.8, 4) is 5.75 Å². The number of unbranched alkanes of at least 4 members (excludes halogenated alkanes) is 1. The number of amides is 1. The summed E-state index contributed by atoms with van der Waals surface area (Å²) in [7, 11) is 0. The number of hydrogen-bond acceptors (Lipinski definition) is 4. The highest BCUT2D eigenvalue weighted by atomic mass is 19.1. The van der Waals surface area contributed by atoms with E-state index in [9.17, 15) is 9.18 Å². The zero-order valence-electron chi connectivity index (χ0n) is 23.4. The van der Waals surface area contributed by atoms with Crippen LogP contribution in [0.1, 0.15) is 67.7 Å². The van der Waals surface area contributed by atoms with E-state index >= 15 is 0 Å². The molecule has 2 aliphatic heterocycles. The second-order valence-electron chi connectivity index (χ2n) is 7.19. The van der Waals surface area contributed by atoms with E-state index in [-0.39, 0.29) is 18.3 Å². The second-order valence-corrected chi connectivity index (χ2v) is 7.19. The van der Waals surface area contributed by atoms with E-state index in [2.05, 4.69) is 23.2 Å². The minimum atomic E-state index is -0.470. The van der Waals surface area contributed by atoms with Crippen molar-refractivity contribution in [2.24, 2.45) is 5.10 Å². The van der Waals surface area contributed by atoms with Crippen LogP contribution in [0.25, 0.3) is 0 Å². The molecule has 0 bridgehead atoms. The van der Waals surface area contributed by atoms with Crippen molar-refractivity contribution in [1.82, 2.24) is 10.3 Å². The van der Waals surface area contributed by atoms with Gasteiger partial charge in [0.2, 0.25) is 0 Å². The van der Waals surface area contributed by atoms with E-state index in [4.69, 9.17) is 4.74 Å². The number of hydrogen-bond donors (Lipinski definition) is 1. The molecule has 0 aromatic heterocycles. The summed E-state index contributed by atoms with van der Waals surface area (Å²) in [6.45, 7) is 19.4. The standard InChI is InChI=1S/C24H28FN3O2.3C2H6/c1-3-5-6-10-18(9-4-2)24-20-16-28(14-13-19(20)15-26-27-24)23(29)17-30-22-12-8-7-11-21(22)25;3*1-2/h3-4,7-12,26H,1,5-6,13-17H2,2H3;3*1-2H3/b9-4-,18-10?;;;.